The molecule has 3 rings (SSSR count). The van der Waals surface area contributed by atoms with Crippen LogP contribution in [0.15, 0.2) is 48.5 Å². The predicted molar refractivity (Wildman–Crippen MR) is 139 cm³/mol. The minimum absolute atomic E-state index is 0.163. The molecule has 196 valence electrons. The first kappa shape index (κ1) is 27.3. The van der Waals surface area contributed by atoms with E-state index in [1.54, 1.807) is 28.0 Å². The van der Waals surface area contributed by atoms with Crippen LogP contribution in [0.5, 0.6) is 5.75 Å². The molecule has 1 heterocycles. The van der Waals surface area contributed by atoms with Crippen LogP contribution in [0.2, 0.25) is 0 Å². The van der Waals surface area contributed by atoms with Gasteiger partial charge in [-0.25, -0.2) is 14.0 Å². The summed E-state index contributed by atoms with van der Waals surface area (Å²) in [5, 5.41) is 2.94. The Morgan fingerprint density at radius 3 is 2.19 bits per heavy atom. The van der Waals surface area contributed by atoms with Crippen molar-refractivity contribution in [3.05, 3.63) is 59.9 Å². The van der Waals surface area contributed by atoms with Crippen LogP contribution < -0.4 is 10.1 Å². The number of urea groups is 1. The molecule has 2 aromatic carbocycles. The first-order valence-corrected chi connectivity index (χ1v) is 12.7. The van der Waals surface area contributed by atoms with Crippen LogP contribution >= 0.6 is 0 Å². The highest BCUT2D eigenvalue weighted by molar-refractivity contribution is 5.89. The number of piperazine rings is 1. The molecule has 0 bridgehead atoms. The smallest absolute Gasteiger partial charge is 0.410 e. The lowest BCUT2D eigenvalue weighted by atomic mass is 10.1. The maximum absolute atomic E-state index is 13.5. The molecular formula is C28H38FN3O4. The molecule has 1 saturated heterocycles. The third kappa shape index (κ3) is 9.06. The van der Waals surface area contributed by atoms with E-state index in [1.165, 1.54) is 11.6 Å². The number of benzene rings is 2. The summed E-state index contributed by atoms with van der Waals surface area (Å²) in [6, 6.07) is 14.2. The number of carbonyl (C=O) groups is 2. The van der Waals surface area contributed by atoms with Crippen molar-refractivity contribution in [2.45, 2.75) is 58.5 Å². The van der Waals surface area contributed by atoms with E-state index < -0.39 is 5.60 Å². The summed E-state index contributed by atoms with van der Waals surface area (Å²) in [6.07, 6.45) is 4.69. The Kier molecular flexibility index (Phi) is 9.96. The lowest BCUT2D eigenvalue weighted by Gasteiger charge is -2.35. The van der Waals surface area contributed by atoms with E-state index in [0.29, 0.717) is 38.5 Å². The molecule has 0 atom stereocenters. The van der Waals surface area contributed by atoms with Crippen molar-refractivity contribution < 1.29 is 23.5 Å². The Labute approximate surface area is 213 Å². The molecule has 8 heteroatoms. The van der Waals surface area contributed by atoms with E-state index in [2.05, 4.69) is 5.32 Å². The molecule has 0 unspecified atom stereocenters. The molecule has 0 aromatic heterocycles. The van der Waals surface area contributed by atoms with Crippen LogP contribution in [0, 0.1) is 5.82 Å². The van der Waals surface area contributed by atoms with E-state index in [4.69, 9.17) is 9.47 Å². The standard InChI is InChI=1S/C28H38FN3O4/c1-28(2,3)36-27(34)32-19-17-31(18-20-32)26(33)30-23-15-13-22(14-16-23)10-6-4-5-9-21-35-25-12-8-7-11-24(25)29/h7-8,11-16H,4-6,9-10,17-21H2,1-3H3,(H,30,33). The van der Waals surface area contributed by atoms with E-state index in [-0.39, 0.29) is 17.9 Å². The maximum Gasteiger partial charge on any atom is 0.410 e. The Bertz CT molecular complexity index is 983. The molecule has 0 radical (unpaired) electrons. The predicted octanol–water partition coefficient (Wildman–Crippen LogP) is 6.09. The molecule has 7 nitrogen and oxygen atoms in total. The number of rotatable bonds is 9. The van der Waals surface area contributed by atoms with Gasteiger partial charge in [-0.3, -0.25) is 0 Å². The Morgan fingerprint density at radius 1 is 0.889 bits per heavy atom. The second-order valence-corrected chi connectivity index (χ2v) is 10.0. The number of hydrogen-bond acceptors (Lipinski definition) is 4. The fourth-order valence-electron chi connectivity index (χ4n) is 3.90. The van der Waals surface area contributed by atoms with Crippen molar-refractivity contribution in [2.75, 3.05) is 38.1 Å². The van der Waals surface area contributed by atoms with Gasteiger partial charge in [-0.2, -0.15) is 0 Å². The number of hydrogen-bond donors (Lipinski definition) is 1. The number of carbonyl (C=O) groups excluding carboxylic acids is 2. The maximum atomic E-state index is 13.5. The highest BCUT2D eigenvalue weighted by atomic mass is 19.1. The highest BCUT2D eigenvalue weighted by Crippen LogP contribution is 2.17. The van der Waals surface area contributed by atoms with Crippen molar-refractivity contribution in [3.63, 3.8) is 0 Å². The second kappa shape index (κ2) is 13.1. The van der Waals surface area contributed by atoms with Gasteiger partial charge in [0.05, 0.1) is 6.61 Å². The molecule has 0 spiro atoms. The Balaban J connectivity index is 1.29. The number of para-hydroxylation sites is 1. The summed E-state index contributed by atoms with van der Waals surface area (Å²) in [7, 11) is 0. The zero-order valence-corrected chi connectivity index (χ0v) is 21.6. The molecule has 36 heavy (non-hydrogen) atoms. The molecule has 3 amide bonds. The lowest BCUT2D eigenvalue weighted by molar-refractivity contribution is 0.0174. The van der Waals surface area contributed by atoms with Crippen molar-refractivity contribution >= 4 is 17.8 Å². The van der Waals surface area contributed by atoms with Crippen molar-refractivity contribution in [3.8, 4) is 5.75 Å². The summed E-state index contributed by atoms with van der Waals surface area (Å²) in [5.74, 6) is -0.00866. The summed E-state index contributed by atoms with van der Waals surface area (Å²) in [5.41, 5.74) is 1.45. The zero-order valence-electron chi connectivity index (χ0n) is 21.6. The largest absolute Gasteiger partial charge is 0.491 e. The van der Waals surface area contributed by atoms with Gasteiger partial charge in [-0.1, -0.05) is 37.1 Å². The lowest BCUT2D eigenvalue weighted by Crippen LogP contribution is -2.52. The number of unbranched alkanes of at least 4 members (excludes halogenated alkanes) is 3. The van der Waals surface area contributed by atoms with Gasteiger partial charge in [-0.15, -0.1) is 0 Å². The Hall–Kier alpha value is -3.29. The molecule has 1 N–H and O–H groups in total. The molecule has 0 saturated carbocycles. The highest BCUT2D eigenvalue weighted by Gasteiger charge is 2.27. The van der Waals surface area contributed by atoms with E-state index in [0.717, 1.165) is 37.8 Å². The van der Waals surface area contributed by atoms with Crippen LogP contribution in [0.1, 0.15) is 52.0 Å². The van der Waals surface area contributed by atoms with E-state index >= 15 is 0 Å². The average Bonchev–Trinajstić information content (AvgIpc) is 2.84. The number of anilines is 1. The average molecular weight is 500 g/mol. The number of amides is 3. The topological polar surface area (TPSA) is 71.1 Å². The fraction of sp³-hybridized carbons (Fsp3) is 0.500. The number of nitrogens with zero attached hydrogens (tertiary/aromatic N) is 2. The summed E-state index contributed by atoms with van der Waals surface area (Å²) in [6.45, 7) is 7.89. The van der Waals surface area contributed by atoms with Crippen LogP contribution in [0.25, 0.3) is 0 Å². The molecule has 1 aliphatic rings. The number of nitrogens with one attached hydrogen (secondary N) is 1. The van der Waals surface area contributed by atoms with Gasteiger partial charge in [0.15, 0.2) is 11.6 Å². The number of ether oxygens (including phenoxy) is 2. The van der Waals surface area contributed by atoms with Gasteiger partial charge in [0.25, 0.3) is 0 Å². The van der Waals surface area contributed by atoms with Crippen LogP contribution in [-0.2, 0) is 11.2 Å². The normalized spacial score (nSPS) is 13.9. The summed E-state index contributed by atoms with van der Waals surface area (Å²) in [4.78, 5) is 28.2. The van der Waals surface area contributed by atoms with Crippen molar-refractivity contribution in [1.29, 1.82) is 0 Å². The van der Waals surface area contributed by atoms with Gasteiger partial charge < -0.3 is 24.6 Å². The fourth-order valence-corrected chi connectivity index (χ4v) is 3.90. The van der Waals surface area contributed by atoms with Gasteiger partial charge >= 0.3 is 12.1 Å². The SMILES string of the molecule is CC(C)(C)OC(=O)N1CCN(C(=O)Nc2ccc(CCCCCCOc3ccccc3F)cc2)CC1. The number of aryl methyl sites for hydroxylation is 1. The summed E-state index contributed by atoms with van der Waals surface area (Å²) < 4.78 is 24.4. The third-order valence-corrected chi connectivity index (χ3v) is 5.88. The van der Waals surface area contributed by atoms with E-state index in [9.17, 15) is 14.0 Å². The first-order chi connectivity index (χ1) is 17.2. The van der Waals surface area contributed by atoms with Crippen LogP contribution in [-0.4, -0.2) is 60.3 Å². The van der Waals surface area contributed by atoms with Crippen molar-refractivity contribution in [2.24, 2.45) is 0 Å². The first-order valence-electron chi connectivity index (χ1n) is 12.7. The zero-order chi connectivity index (χ0) is 26.0. The van der Waals surface area contributed by atoms with E-state index in [1.807, 2.05) is 45.0 Å². The third-order valence-electron chi connectivity index (χ3n) is 5.88. The summed E-state index contributed by atoms with van der Waals surface area (Å²) >= 11 is 0. The molecule has 2 aromatic rings. The molecule has 1 fully saturated rings. The van der Waals surface area contributed by atoms with Gasteiger partial charge in [0, 0.05) is 31.9 Å². The quantitative estimate of drug-likeness (QED) is 0.424. The van der Waals surface area contributed by atoms with Gasteiger partial charge in [-0.05, 0) is 69.9 Å². The Morgan fingerprint density at radius 2 is 1.53 bits per heavy atom. The minimum atomic E-state index is -0.531. The van der Waals surface area contributed by atoms with Crippen molar-refractivity contribution in [1.82, 2.24) is 9.80 Å². The minimum Gasteiger partial charge on any atom is -0.491 e. The van der Waals surface area contributed by atoms with Gasteiger partial charge in [0.2, 0.25) is 0 Å². The van der Waals surface area contributed by atoms with Gasteiger partial charge in [0.1, 0.15) is 5.60 Å². The molecule has 1 aliphatic heterocycles. The monoisotopic (exact) mass is 499 g/mol. The second-order valence-electron chi connectivity index (χ2n) is 10.0. The van der Waals surface area contributed by atoms with Crippen LogP contribution in [0.3, 0.4) is 0 Å². The van der Waals surface area contributed by atoms with Crippen LogP contribution in [0.4, 0.5) is 19.7 Å². The molecular weight excluding hydrogens is 461 g/mol. The number of halogens is 1. The molecule has 0 aliphatic carbocycles.